The summed E-state index contributed by atoms with van der Waals surface area (Å²) in [5, 5.41) is 0.423. The molecular formula is C24H20BrClO6S. The van der Waals surface area contributed by atoms with Crippen molar-refractivity contribution in [1.82, 2.24) is 0 Å². The number of Topliss-reactive ketones (excluding diaryl/α,β-unsaturated/α-hetero) is 1. The number of ketones is 1. The quantitative estimate of drug-likeness (QED) is 0.259. The third kappa shape index (κ3) is 5.40. The predicted octanol–water partition coefficient (Wildman–Crippen LogP) is 5.83. The Bertz CT molecular complexity index is 1270. The number of hydrogen-bond acceptors (Lipinski definition) is 6. The van der Waals surface area contributed by atoms with Crippen LogP contribution in [0, 0.1) is 0 Å². The van der Waals surface area contributed by atoms with E-state index < -0.39 is 20.5 Å². The van der Waals surface area contributed by atoms with E-state index in [0.29, 0.717) is 15.2 Å². The van der Waals surface area contributed by atoms with E-state index in [1.54, 1.807) is 24.3 Å². The first kappa shape index (κ1) is 24.8. The zero-order valence-electron chi connectivity index (χ0n) is 18.0. The zero-order valence-corrected chi connectivity index (χ0v) is 21.1. The van der Waals surface area contributed by atoms with Crippen molar-refractivity contribution in [2.24, 2.45) is 0 Å². The van der Waals surface area contributed by atoms with E-state index in [4.69, 9.17) is 25.8 Å². The van der Waals surface area contributed by atoms with Gasteiger partial charge in [0, 0.05) is 27.2 Å². The van der Waals surface area contributed by atoms with Crippen molar-refractivity contribution in [2.45, 2.75) is 4.90 Å². The minimum atomic E-state index is -4.22. The number of allylic oxidation sites excluding steroid dienone is 1. The van der Waals surface area contributed by atoms with E-state index in [1.165, 1.54) is 63.8 Å². The van der Waals surface area contributed by atoms with Crippen molar-refractivity contribution >= 4 is 49.2 Å². The van der Waals surface area contributed by atoms with Gasteiger partial charge in [-0.2, -0.15) is 0 Å². The van der Waals surface area contributed by atoms with Gasteiger partial charge in [-0.25, -0.2) is 8.42 Å². The highest BCUT2D eigenvalue weighted by molar-refractivity contribution is 9.10. The number of rotatable bonds is 8. The molecule has 0 aromatic heterocycles. The average molecular weight is 552 g/mol. The second-order valence-corrected chi connectivity index (χ2v) is 10.0. The van der Waals surface area contributed by atoms with Crippen molar-refractivity contribution in [1.29, 1.82) is 0 Å². The summed E-state index contributed by atoms with van der Waals surface area (Å²) in [6.07, 6.45) is 1.26. The molecule has 0 fully saturated rings. The van der Waals surface area contributed by atoms with Crippen LogP contribution in [-0.4, -0.2) is 35.5 Å². The first-order chi connectivity index (χ1) is 15.7. The van der Waals surface area contributed by atoms with Crippen LogP contribution >= 0.6 is 27.5 Å². The maximum Gasteiger partial charge on any atom is 0.210 e. The number of benzene rings is 3. The number of carbonyl (C=O) groups excluding carboxylic acids is 1. The van der Waals surface area contributed by atoms with Crippen molar-refractivity contribution < 1.29 is 27.4 Å². The Morgan fingerprint density at radius 2 is 1.42 bits per heavy atom. The van der Waals surface area contributed by atoms with Gasteiger partial charge in [-0.15, -0.1) is 0 Å². The summed E-state index contributed by atoms with van der Waals surface area (Å²) < 4.78 is 44.1. The average Bonchev–Trinajstić information content (AvgIpc) is 2.82. The molecule has 0 aliphatic carbocycles. The second kappa shape index (κ2) is 10.4. The third-order valence-corrected chi connectivity index (χ3v) is 7.33. The Morgan fingerprint density at radius 1 is 0.879 bits per heavy atom. The van der Waals surface area contributed by atoms with Crippen molar-refractivity contribution in [2.75, 3.05) is 21.3 Å². The van der Waals surface area contributed by atoms with Crippen LogP contribution in [0.5, 0.6) is 17.2 Å². The zero-order chi connectivity index (χ0) is 24.2. The summed E-state index contributed by atoms with van der Waals surface area (Å²) in [6, 6.07) is 15.2. The minimum Gasteiger partial charge on any atom is -0.496 e. The fraction of sp³-hybridized carbons (Fsp3) is 0.125. The van der Waals surface area contributed by atoms with Crippen LogP contribution in [0.15, 0.2) is 74.9 Å². The number of sulfone groups is 1. The van der Waals surface area contributed by atoms with Crippen LogP contribution in [0.1, 0.15) is 15.9 Å². The van der Waals surface area contributed by atoms with Crippen LogP contribution in [0.4, 0.5) is 0 Å². The molecule has 0 saturated heterocycles. The molecular weight excluding hydrogens is 532 g/mol. The van der Waals surface area contributed by atoms with Crippen LogP contribution < -0.4 is 14.2 Å². The Hall–Kier alpha value is -2.81. The monoisotopic (exact) mass is 550 g/mol. The molecule has 0 unspecified atom stereocenters. The lowest BCUT2D eigenvalue weighted by Crippen LogP contribution is -2.15. The molecule has 3 rings (SSSR count). The summed E-state index contributed by atoms with van der Waals surface area (Å²) in [5.41, 5.74) is 0.441. The van der Waals surface area contributed by atoms with Gasteiger partial charge in [0.1, 0.15) is 22.2 Å². The largest absolute Gasteiger partial charge is 0.496 e. The normalized spacial score (nSPS) is 11.7. The number of halogens is 2. The van der Waals surface area contributed by atoms with Crippen molar-refractivity contribution in [3.8, 4) is 17.2 Å². The smallest absolute Gasteiger partial charge is 0.210 e. The summed E-state index contributed by atoms with van der Waals surface area (Å²) in [7, 11) is 0.112. The molecule has 0 amide bonds. The standard InChI is InChI=1S/C24H20BrClO6S/c1-30-18-12-21(31-2)20(22(13-18)32-3)14-23(24(27)15-4-8-17(26)9-5-15)33(28,29)19-10-6-16(25)7-11-19/h4-14H,1-3H3/b23-14+. The molecule has 0 aliphatic rings. The molecule has 33 heavy (non-hydrogen) atoms. The highest BCUT2D eigenvalue weighted by Gasteiger charge is 2.29. The Labute approximate surface area is 205 Å². The summed E-state index contributed by atoms with van der Waals surface area (Å²) in [4.78, 5) is 13.0. The predicted molar refractivity (Wildman–Crippen MR) is 131 cm³/mol. The molecule has 0 bridgehead atoms. The molecule has 0 saturated carbocycles. The van der Waals surface area contributed by atoms with Crippen molar-refractivity contribution in [3.05, 3.63) is 86.2 Å². The van der Waals surface area contributed by atoms with Gasteiger partial charge in [-0.1, -0.05) is 27.5 Å². The van der Waals surface area contributed by atoms with Gasteiger partial charge in [0.15, 0.2) is 0 Å². The SMILES string of the molecule is COc1cc(OC)c(/C=C(\C(=O)c2ccc(Cl)cc2)S(=O)(=O)c2ccc(Br)cc2)c(OC)c1. The van der Waals surface area contributed by atoms with Crippen molar-refractivity contribution in [3.63, 3.8) is 0 Å². The van der Waals surface area contributed by atoms with Crippen LogP contribution in [-0.2, 0) is 9.84 Å². The molecule has 3 aromatic carbocycles. The Kier molecular flexibility index (Phi) is 7.84. The molecule has 0 aliphatic heterocycles. The topological polar surface area (TPSA) is 78.9 Å². The van der Waals surface area contributed by atoms with Gasteiger partial charge in [0.05, 0.1) is 31.8 Å². The molecule has 172 valence electrons. The number of ether oxygens (including phenoxy) is 3. The second-order valence-electron chi connectivity index (χ2n) is 6.75. The fourth-order valence-corrected chi connectivity index (χ4v) is 4.83. The van der Waals surface area contributed by atoms with Gasteiger partial charge in [0.2, 0.25) is 15.6 Å². The Morgan fingerprint density at radius 3 is 1.91 bits per heavy atom. The lowest BCUT2D eigenvalue weighted by Gasteiger charge is -2.15. The number of hydrogen-bond donors (Lipinski definition) is 0. The Balaban J connectivity index is 2.30. The maximum absolute atomic E-state index is 13.6. The fourth-order valence-electron chi connectivity index (χ4n) is 3.06. The molecule has 0 atom stereocenters. The van der Waals surface area contributed by atoms with Crippen LogP contribution in [0.2, 0.25) is 5.02 Å². The van der Waals surface area contributed by atoms with E-state index in [0.717, 1.165) is 0 Å². The maximum atomic E-state index is 13.6. The van der Waals surface area contributed by atoms with Crippen LogP contribution in [0.25, 0.3) is 6.08 Å². The number of carbonyl (C=O) groups is 1. The molecule has 0 radical (unpaired) electrons. The first-order valence-corrected chi connectivity index (χ1v) is 12.2. The van der Waals surface area contributed by atoms with Gasteiger partial charge >= 0.3 is 0 Å². The molecule has 6 nitrogen and oxygen atoms in total. The van der Waals surface area contributed by atoms with E-state index >= 15 is 0 Å². The molecule has 9 heteroatoms. The van der Waals surface area contributed by atoms with E-state index in [2.05, 4.69) is 15.9 Å². The van der Waals surface area contributed by atoms with E-state index in [-0.39, 0.29) is 27.5 Å². The van der Waals surface area contributed by atoms with Gasteiger partial charge in [0.25, 0.3) is 0 Å². The van der Waals surface area contributed by atoms with E-state index in [9.17, 15) is 13.2 Å². The van der Waals surface area contributed by atoms with Gasteiger partial charge < -0.3 is 14.2 Å². The highest BCUT2D eigenvalue weighted by Crippen LogP contribution is 2.37. The lowest BCUT2D eigenvalue weighted by molar-refractivity contribution is 0.104. The molecule has 0 spiro atoms. The molecule has 3 aromatic rings. The van der Waals surface area contributed by atoms with E-state index in [1.807, 2.05) is 0 Å². The van der Waals surface area contributed by atoms with Gasteiger partial charge in [-0.3, -0.25) is 4.79 Å². The summed E-state index contributed by atoms with van der Waals surface area (Å²) >= 11 is 9.23. The molecule has 0 heterocycles. The summed E-state index contributed by atoms with van der Waals surface area (Å²) in [6.45, 7) is 0. The van der Waals surface area contributed by atoms with Crippen LogP contribution in [0.3, 0.4) is 0 Å². The lowest BCUT2D eigenvalue weighted by atomic mass is 10.1. The minimum absolute atomic E-state index is 0.0364. The number of methoxy groups -OCH3 is 3. The third-order valence-electron chi connectivity index (χ3n) is 4.77. The highest BCUT2D eigenvalue weighted by atomic mass is 79.9. The van der Waals surface area contributed by atoms with Gasteiger partial charge in [-0.05, 0) is 54.6 Å². The summed E-state index contributed by atoms with van der Waals surface area (Å²) in [5.74, 6) is 0.300. The first-order valence-electron chi connectivity index (χ1n) is 9.54. The molecule has 0 N–H and O–H groups in total.